The normalized spacial score (nSPS) is 19.7. The molecule has 3 nitrogen and oxygen atoms in total. The maximum atomic E-state index is 9.04. The fourth-order valence-corrected chi connectivity index (χ4v) is 2.21. The Balaban J connectivity index is 1.66. The van der Waals surface area contributed by atoms with Crippen molar-refractivity contribution in [3.63, 3.8) is 0 Å². The number of hydrogen-bond donors (Lipinski definition) is 2. The highest BCUT2D eigenvalue weighted by Crippen LogP contribution is 2.14. The van der Waals surface area contributed by atoms with E-state index < -0.39 is 0 Å². The molecule has 17 heavy (non-hydrogen) atoms. The highest BCUT2D eigenvalue weighted by atomic mass is 16.5. The summed E-state index contributed by atoms with van der Waals surface area (Å²) in [5.74, 6) is 0. The van der Waals surface area contributed by atoms with Crippen molar-refractivity contribution in [2.45, 2.75) is 38.5 Å². The van der Waals surface area contributed by atoms with Gasteiger partial charge in [0, 0.05) is 13.2 Å². The van der Waals surface area contributed by atoms with Crippen molar-refractivity contribution in [3.05, 3.63) is 35.4 Å². The number of aliphatic hydroxyl groups excluding tert-OH is 1. The van der Waals surface area contributed by atoms with E-state index in [0.717, 1.165) is 31.7 Å². The summed E-state index contributed by atoms with van der Waals surface area (Å²) in [5.41, 5.74) is 2.20. The van der Waals surface area contributed by atoms with Gasteiger partial charge in [0.1, 0.15) is 0 Å². The van der Waals surface area contributed by atoms with Crippen LogP contribution in [0.1, 0.15) is 30.4 Å². The van der Waals surface area contributed by atoms with Crippen LogP contribution in [-0.2, 0) is 17.9 Å². The summed E-state index contributed by atoms with van der Waals surface area (Å²) in [4.78, 5) is 0. The van der Waals surface area contributed by atoms with Crippen molar-refractivity contribution in [1.29, 1.82) is 0 Å². The maximum Gasteiger partial charge on any atom is 0.0681 e. The molecule has 1 unspecified atom stereocenters. The standard InChI is InChI=1S/C14H21NO2/c16-11-13-4-1-3-12(9-13)10-15-7-6-14-5-2-8-17-14/h1,3-4,9,14-16H,2,5-8,10-11H2. The molecule has 1 aliphatic rings. The summed E-state index contributed by atoms with van der Waals surface area (Å²) in [7, 11) is 0. The molecule has 0 aliphatic carbocycles. The Morgan fingerprint density at radius 1 is 1.35 bits per heavy atom. The molecule has 2 rings (SSSR count). The summed E-state index contributed by atoms with van der Waals surface area (Å²) in [6.45, 7) is 2.90. The lowest BCUT2D eigenvalue weighted by Crippen LogP contribution is -2.19. The van der Waals surface area contributed by atoms with E-state index in [1.165, 1.54) is 18.4 Å². The molecule has 0 radical (unpaired) electrons. The van der Waals surface area contributed by atoms with E-state index in [-0.39, 0.29) is 6.61 Å². The molecule has 1 atom stereocenters. The number of ether oxygens (including phenoxy) is 1. The number of aliphatic hydroxyl groups is 1. The van der Waals surface area contributed by atoms with Gasteiger partial charge in [-0.05, 0) is 36.9 Å². The van der Waals surface area contributed by atoms with Gasteiger partial charge in [-0.1, -0.05) is 24.3 Å². The minimum atomic E-state index is 0.115. The molecular formula is C14H21NO2. The van der Waals surface area contributed by atoms with Gasteiger partial charge in [0.05, 0.1) is 12.7 Å². The largest absolute Gasteiger partial charge is 0.392 e. The van der Waals surface area contributed by atoms with Crippen molar-refractivity contribution in [3.8, 4) is 0 Å². The van der Waals surface area contributed by atoms with Gasteiger partial charge in [-0.25, -0.2) is 0 Å². The third-order valence-corrected chi connectivity index (χ3v) is 3.17. The summed E-state index contributed by atoms with van der Waals surface area (Å²) in [6.07, 6.45) is 3.98. The van der Waals surface area contributed by atoms with Gasteiger partial charge < -0.3 is 15.2 Å². The van der Waals surface area contributed by atoms with Crippen LogP contribution in [0.25, 0.3) is 0 Å². The van der Waals surface area contributed by atoms with E-state index in [0.29, 0.717) is 6.10 Å². The zero-order valence-corrected chi connectivity index (χ0v) is 10.2. The molecule has 1 fully saturated rings. The zero-order valence-electron chi connectivity index (χ0n) is 10.2. The van der Waals surface area contributed by atoms with Crippen LogP contribution in [0.2, 0.25) is 0 Å². The number of rotatable bonds is 6. The minimum Gasteiger partial charge on any atom is -0.392 e. The maximum absolute atomic E-state index is 9.04. The van der Waals surface area contributed by atoms with Gasteiger partial charge in [-0.2, -0.15) is 0 Å². The number of nitrogens with one attached hydrogen (secondary N) is 1. The van der Waals surface area contributed by atoms with Gasteiger partial charge >= 0.3 is 0 Å². The molecule has 0 saturated carbocycles. The first-order valence-corrected chi connectivity index (χ1v) is 6.39. The lowest BCUT2D eigenvalue weighted by atomic mass is 10.1. The molecule has 0 bridgehead atoms. The van der Waals surface area contributed by atoms with Gasteiger partial charge in [0.15, 0.2) is 0 Å². The average Bonchev–Trinajstić information content (AvgIpc) is 2.88. The fourth-order valence-electron chi connectivity index (χ4n) is 2.21. The van der Waals surface area contributed by atoms with Crippen molar-refractivity contribution >= 4 is 0 Å². The Morgan fingerprint density at radius 2 is 2.24 bits per heavy atom. The zero-order chi connectivity index (χ0) is 11.9. The fraction of sp³-hybridized carbons (Fsp3) is 0.571. The summed E-state index contributed by atoms with van der Waals surface area (Å²) in [5, 5.41) is 12.5. The van der Waals surface area contributed by atoms with Crippen molar-refractivity contribution in [2.24, 2.45) is 0 Å². The smallest absolute Gasteiger partial charge is 0.0681 e. The molecule has 1 saturated heterocycles. The molecular weight excluding hydrogens is 214 g/mol. The Kier molecular flexibility index (Phi) is 4.98. The van der Waals surface area contributed by atoms with E-state index in [4.69, 9.17) is 9.84 Å². The van der Waals surface area contributed by atoms with Crippen LogP contribution < -0.4 is 5.32 Å². The highest BCUT2D eigenvalue weighted by molar-refractivity contribution is 5.22. The molecule has 3 heteroatoms. The monoisotopic (exact) mass is 235 g/mol. The van der Waals surface area contributed by atoms with Crippen LogP contribution in [0.4, 0.5) is 0 Å². The van der Waals surface area contributed by atoms with Gasteiger partial charge in [0.25, 0.3) is 0 Å². The molecule has 0 spiro atoms. The second-order valence-electron chi connectivity index (χ2n) is 4.58. The first kappa shape index (κ1) is 12.6. The molecule has 2 N–H and O–H groups in total. The predicted molar refractivity (Wildman–Crippen MR) is 67.7 cm³/mol. The van der Waals surface area contributed by atoms with Crippen LogP contribution in [0.3, 0.4) is 0 Å². The van der Waals surface area contributed by atoms with E-state index in [1.54, 1.807) is 0 Å². The van der Waals surface area contributed by atoms with Gasteiger partial charge in [-0.3, -0.25) is 0 Å². The lowest BCUT2D eigenvalue weighted by Gasteiger charge is -2.10. The van der Waals surface area contributed by atoms with E-state index >= 15 is 0 Å². The van der Waals surface area contributed by atoms with E-state index in [2.05, 4.69) is 11.4 Å². The van der Waals surface area contributed by atoms with Crippen molar-refractivity contribution < 1.29 is 9.84 Å². The lowest BCUT2D eigenvalue weighted by molar-refractivity contribution is 0.104. The number of benzene rings is 1. The van der Waals surface area contributed by atoms with Crippen LogP contribution in [0.5, 0.6) is 0 Å². The van der Waals surface area contributed by atoms with Crippen molar-refractivity contribution in [1.82, 2.24) is 5.32 Å². The molecule has 94 valence electrons. The first-order chi connectivity index (χ1) is 8.38. The molecule has 1 aromatic rings. The van der Waals surface area contributed by atoms with Crippen LogP contribution in [0, 0.1) is 0 Å². The predicted octanol–water partition coefficient (Wildman–Crippen LogP) is 1.84. The first-order valence-electron chi connectivity index (χ1n) is 6.39. The Labute approximate surface area is 103 Å². The van der Waals surface area contributed by atoms with Crippen LogP contribution >= 0.6 is 0 Å². The Bertz CT molecular complexity index is 335. The SMILES string of the molecule is OCc1cccc(CNCCC2CCCO2)c1. The molecule has 1 aromatic carbocycles. The van der Waals surface area contributed by atoms with Crippen LogP contribution in [-0.4, -0.2) is 24.4 Å². The summed E-state index contributed by atoms with van der Waals surface area (Å²) >= 11 is 0. The molecule has 0 aromatic heterocycles. The molecule has 1 heterocycles. The van der Waals surface area contributed by atoms with Crippen molar-refractivity contribution in [2.75, 3.05) is 13.2 Å². The Hall–Kier alpha value is -0.900. The third kappa shape index (κ3) is 4.11. The van der Waals surface area contributed by atoms with Crippen LogP contribution in [0.15, 0.2) is 24.3 Å². The summed E-state index contributed by atoms with van der Waals surface area (Å²) < 4.78 is 5.57. The quantitative estimate of drug-likeness (QED) is 0.739. The van der Waals surface area contributed by atoms with Gasteiger partial charge in [0.2, 0.25) is 0 Å². The Morgan fingerprint density at radius 3 is 3.00 bits per heavy atom. The molecule has 1 aliphatic heterocycles. The molecule has 0 amide bonds. The second-order valence-corrected chi connectivity index (χ2v) is 4.58. The highest BCUT2D eigenvalue weighted by Gasteiger charge is 2.14. The summed E-state index contributed by atoms with van der Waals surface area (Å²) in [6, 6.07) is 8.05. The van der Waals surface area contributed by atoms with Gasteiger partial charge in [-0.15, -0.1) is 0 Å². The average molecular weight is 235 g/mol. The second kappa shape index (κ2) is 6.74. The number of hydrogen-bond acceptors (Lipinski definition) is 3. The third-order valence-electron chi connectivity index (χ3n) is 3.17. The minimum absolute atomic E-state index is 0.115. The topological polar surface area (TPSA) is 41.5 Å². The van der Waals surface area contributed by atoms with E-state index in [9.17, 15) is 0 Å². The van der Waals surface area contributed by atoms with E-state index in [1.807, 2.05) is 18.2 Å².